The van der Waals surface area contributed by atoms with E-state index in [9.17, 15) is 14.7 Å². The molecule has 0 unspecified atom stereocenters. The number of carboxylic acids is 1. The predicted molar refractivity (Wildman–Crippen MR) is 121 cm³/mol. The van der Waals surface area contributed by atoms with Gasteiger partial charge >= 0.3 is 5.97 Å². The zero-order chi connectivity index (χ0) is 22.2. The molecule has 2 rings (SSSR count). The Bertz CT molecular complexity index is 716. The summed E-state index contributed by atoms with van der Waals surface area (Å²) in [6.45, 7) is 8.66. The van der Waals surface area contributed by atoms with Gasteiger partial charge in [-0.25, -0.2) is 0 Å². The van der Waals surface area contributed by atoms with Gasteiger partial charge in [0.05, 0.1) is 5.41 Å². The van der Waals surface area contributed by atoms with Gasteiger partial charge in [-0.1, -0.05) is 37.0 Å². The Kier molecular flexibility index (Phi) is 8.93. The van der Waals surface area contributed by atoms with E-state index >= 15 is 0 Å². The Morgan fingerprint density at radius 1 is 1.03 bits per heavy atom. The van der Waals surface area contributed by atoms with Crippen LogP contribution in [0.25, 0.3) is 0 Å². The van der Waals surface area contributed by atoms with E-state index in [4.69, 9.17) is 4.74 Å². The van der Waals surface area contributed by atoms with E-state index in [1.807, 2.05) is 13.8 Å². The number of carbonyl (C=O) groups excluding carboxylic acids is 1. The number of benzene rings is 1. The number of unbranched alkanes of at least 4 members (excludes halogenated alkanes) is 4. The van der Waals surface area contributed by atoms with Crippen molar-refractivity contribution in [2.24, 2.45) is 5.41 Å². The highest BCUT2D eigenvalue weighted by Gasteiger charge is 2.44. The molecular formula is C26H40O4. The quantitative estimate of drug-likeness (QED) is 0.268. The lowest BCUT2D eigenvalue weighted by Gasteiger charge is -2.18. The normalized spacial score (nSPS) is 15.1. The Hall–Kier alpha value is -1.84. The number of aliphatic carboxylic acids is 1. The first-order valence-electron chi connectivity index (χ1n) is 11.6. The summed E-state index contributed by atoms with van der Waals surface area (Å²) >= 11 is 0. The van der Waals surface area contributed by atoms with Crippen LogP contribution in [0.15, 0.2) is 12.1 Å². The Morgan fingerprint density at radius 2 is 1.60 bits per heavy atom. The lowest BCUT2D eigenvalue weighted by atomic mass is 9.87. The van der Waals surface area contributed by atoms with Crippen LogP contribution in [0.3, 0.4) is 0 Å². The first-order chi connectivity index (χ1) is 14.2. The van der Waals surface area contributed by atoms with E-state index in [2.05, 4.69) is 26.0 Å². The monoisotopic (exact) mass is 416 g/mol. The van der Waals surface area contributed by atoms with E-state index in [1.54, 1.807) is 0 Å². The molecule has 1 N–H and O–H groups in total. The molecule has 1 saturated carbocycles. The molecule has 0 atom stereocenters. The average Bonchev–Trinajstić information content (AvgIpc) is 3.44. The van der Waals surface area contributed by atoms with Crippen molar-refractivity contribution in [3.63, 3.8) is 0 Å². The molecule has 0 saturated heterocycles. The van der Waals surface area contributed by atoms with Crippen LogP contribution in [0.5, 0.6) is 0 Å². The summed E-state index contributed by atoms with van der Waals surface area (Å²) in [7, 11) is 0. The second-order valence-corrected chi connectivity index (χ2v) is 9.92. The highest BCUT2D eigenvalue weighted by atomic mass is 16.5. The van der Waals surface area contributed by atoms with Crippen LogP contribution in [0, 0.1) is 19.3 Å². The van der Waals surface area contributed by atoms with Crippen LogP contribution < -0.4 is 0 Å². The van der Waals surface area contributed by atoms with E-state index in [0.29, 0.717) is 6.47 Å². The van der Waals surface area contributed by atoms with Crippen LogP contribution in [0.4, 0.5) is 0 Å². The first-order valence-corrected chi connectivity index (χ1v) is 11.6. The molecule has 0 radical (unpaired) electrons. The molecule has 1 fully saturated rings. The van der Waals surface area contributed by atoms with Crippen molar-refractivity contribution in [1.29, 1.82) is 0 Å². The molecule has 0 aliphatic heterocycles. The van der Waals surface area contributed by atoms with Gasteiger partial charge in [-0.15, -0.1) is 0 Å². The maximum atomic E-state index is 11.2. The van der Waals surface area contributed by atoms with E-state index in [-0.39, 0.29) is 5.60 Å². The fraction of sp³-hybridized carbons (Fsp3) is 0.692. The van der Waals surface area contributed by atoms with Gasteiger partial charge in [0.25, 0.3) is 6.47 Å². The molecule has 1 aromatic rings. The van der Waals surface area contributed by atoms with E-state index in [1.165, 1.54) is 22.3 Å². The Morgan fingerprint density at radius 3 is 2.13 bits per heavy atom. The number of rotatable bonds is 15. The van der Waals surface area contributed by atoms with Gasteiger partial charge in [-0.05, 0) is 102 Å². The van der Waals surface area contributed by atoms with Crippen molar-refractivity contribution in [2.75, 3.05) is 0 Å². The minimum absolute atomic E-state index is 0.131. The van der Waals surface area contributed by atoms with Crippen LogP contribution in [0.2, 0.25) is 0 Å². The molecule has 168 valence electrons. The summed E-state index contributed by atoms with van der Waals surface area (Å²) in [5.74, 6) is -0.700. The van der Waals surface area contributed by atoms with Gasteiger partial charge in [0.1, 0.15) is 5.60 Å². The highest BCUT2D eigenvalue weighted by Crippen LogP contribution is 2.43. The molecule has 1 aromatic carbocycles. The van der Waals surface area contributed by atoms with Gasteiger partial charge in [0.15, 0.2) is 0 Å². The Labute approximate surface area is 182 Å². The summed E-state index contributed by atoms with van der Waals surface area (Å²) in [6, 6.07) is 4.64. The summed E-state index contributed by atoms with van der Waals surface area (Å²) in [6.07, 6.45) is 12.6. The van der Waals surface area contributed by atoms with Crippen LogP contribution in [0.1, 0.15) is 100 Å². The molecular weight excluding hydrogens is 376 g/mol. The predicted octanol–water partition coefficient (Wildman–Crippen LogP) is 6.33. The third kappa shape index (κ3) is 7.45. The molecule has 0 spiro atoms. The topological polar surface area (TPSA) is 63.6 Å². The zero-order valence-electron chi connectivity index (χ0n) is 19.4. The molecule has 0 aromatic heterocycles. The third-order valence-electron chi connectivity index (χ3n) is 6.78. The minimum Gasteiger partial charge on any atom is -0.481 e. The van der Waals surface area contributed by atoms with E-state index < -0.39 is 11.4 Å². The number of carboxylic acid groups (broad SMARTS) is 1. The molecule has 1 aliphatic carbocycles. The number of carbonyl (C=O) groups is 2. The van der Waals surface area contributed by atoms with Crippen molar-refractivity contribution < 1.29 is 19.4 Å². The lowest BCUT2D eigenvalue weighted by molar-refractivity contribution is -0.147. The molecule has 4 nitrogen and oxygen atoms in total. The van der Waals surface area contributed by atoms with E-state index in [0.717, 1.165) is 77.0 Å². The second-order valence-electron chi connectivity index (χ2n) is 9.92. The van der Waals surface area contributed by atoms with Crippen LogP contribution >= 0.6 is 0 Å². The third-order valence-corrected chi connectivity index (χ3v) is 6.78. The second kappa shape index (κ2) is 11.0. The molecule has 0 amide bonds. The SMILES string of the molecule is Cc1cc(CCCCCCC(C)(C)C(=O)O)c(C)c(CCCCC2(OC=O)CC2)c1. The maximum Gasteiger partial charge on any atom is 0.309 e. The summed E-state index contributed by atoms with van der Waals surface area (Å²) in [5.41, 5.74) is 4.93. The fourth-order valence-corrected chi connectivity index (χ4v) is 4.31. The first kappa shape index (κ1) is 24.4. The fourth-order valence-electron chi connectivity index (χ4n) is 4.31. The van der Waals surface area contributed by atoms with Crippen molar-refractivity contribution in [3.05, 3.63) is 34.4 Å². The maximum absolute atomic E-state index is 11.2. The number of aryl methyl sites for hydroxylation is 3. The standard InChI is InChI=1S/C26H40O4/c1-20-17-22(11-7-5-6-9-13-25(3,4)24(28)29)21(2)23(18-20)12-8-10-14-26(15-16-26)30-19-27/h17-19H,5-16H2,1-4H3,(H,28,29). The molecule has 30 heavy (non-hydrogen) atoms. The summed E-state index contributed by atoms with van der Waals surface area (Å²) < 4.78 is 5.25. The highest BCUT2D eigenvalue weighted by molar-refractivity contribution is 5.73. The molecule has 1 aliphatic rings. The van der Waals surface area contributed by atoms with Gasteiger partial charge < -0.3 is 9.84 Å². The van der Waals surface area contributed by atoms with Gasteiger partial charge in [-0.3, -0.25) is 9.59 Å². The zero-order valence-corrected chi connectivity index (χ0v) is 19.4. The number of hydrogen-bond acceptors (Lipinski definition) is 3. The molecule has 4 heteroatoms. The van der Waals surface area contributed by atoms with Gasteiger partial charge in [-0.2, -0.15) is 0 Å². The van der Waals surface area contributed by atoms with Crippen molar-refractivity contribution in [1.82, 2.24) is 0 Å². The number of hydrogen-bond donors (Lipinski definition) is 1. The minimum atomic E-state index is -0.700. The largest absolute Gasteiger partial charge is 0.481 e. The molecule has 0 bridgehead atoms. The van der Waals surface area contributed by atoms with Gasteiger partial charge in [0, 0.05) is 0 Å². The van der Waals surface area contributed by atoms with Crippen LogP contribution in [-0.2, 0) is 27.2 Å². The Balaban J connectivity index is 1.74. The van der Waals surface area contributed by atoms with Crippen molar-refractivity contribution in [3.8, 4) is 0 Å². The van der Waals surface area contributed by atoms with Crippen molar-refractivity contribution >= 4 is 12.4 Å². The lowest BCUT2D eigenvalue weighted by Crippen LogP contribution is -2.23. The van der Waals surface area contributed by atoms with Crippen molar-refractivity contribution in [2.45, 2.75) is 110 Å². The van der Waals surface area contributed by atoms with Gasteiger partial charge in [0.2, 0.25) is 0 Å². The van der Waals surface area contributed by atoms with Crippen LogP contribution in [-0.4, -0.2) is 23.1 Å². The number of ether oxygens (including phenoxy) is 1. The smallest absolute Gasteiger partial charge is 0.309 e. The average molecular weight is 417 g/mol. The molecule has 0 heterocycles. The summed E-state index contributed by atoms with van der Waals surface area (Å²) in [5, 5.41) is 9.20. The summed E-state index contributed by atoms with van der Waals surface area (Å²) in [4.78, 5) is 21.8.